The molecule has 1 aromatic rings. The molecule has 0 radical (unpaired) electrons. The van der Waals surface area contributed by atoms with Crippen LogP contribution in [0.15, 0.2) is 23.2 Å². The number of nitrogens with zero attached hydrogens (tertiary/aromatic N) is 1. The van der Waals surface area contributed by atoms with E-state index in [1.54, 1.807) is 0 Å². The van der Waals surface area contributed by atoms with E-state index in [4.69, 9.17) is 5.73 Å². The predicted molar refractivity (Wildman–Crippen MR) is 95.9 cm³/mol. The number of halogens is 1. The fourth-order valence-electron chi connectivity index (χ4n) is 3.52. The van der Waals surface area contributed by atoms with Crippen molar-refractivity contribution in [3.63, 3.8) is 0 Å². The molecule has 0 saturated heterocycles. The van der Waals surface area contributed by atoms with Crippen LogP contribution in [0.25, 0.3) is 0 Å². The Hall–Kier alpha value is -0.780. The first-order chi connectivity index (χ1) is 9.07. The molecule has 110 valence electrons. The van der Waals surface area contributed by atoms with Gasteiger partial charge in [-0.2, -0.15) is 0 Å². The van der Waals surface area contributed by atoms with Crippen LogP contribution in [-0.4, -0.2) is 12.0 Å². The number of rotatable bonds is 2. The van der Waals surface area contributed by atoms with Crippen LogP contribution in [0.3, 0.4) is 0 Å². The van der Waals surface area contributed by atoms with Crippen molar-refractivity contribution in [3.05, 3.63) is 29.3 Å². The third-order valence-corrected chi connectivity index (χ3v) is 4.53. The van der Waals surface area contributed by atoms with Gasteiger partial charge in [0.15, 0.2) is 5.96 Å². The molecule has 1 aromatic carbocycles. The van der Waals surface area contributed by atoms with Crippen LogP contribution in [-0.2, 0) is 0 Å². The number of anilines is 1. The Labute approximate surface area is 138 Å². The Morgan fingerprint density at radius 3 is 2.40 bits per heavy atom. The Balaban J connectivity index is 0.00000147. The molecule has 4 heteroatoms. The number of nitrogens with one attached hydrogen (secondary N) is 1. The van der Waals surface area contributed by atoms with Gasteiger partial charge in [0.05, 0.1) is 6.04 Å². The molecule has 0 aliphatic heterocycles. The molecule has 2 aliphatic rings. The van der Waals surface area contributed by atoms with E-state index in [1.165, 1.54) is 43.2 Å². The fourth-order valence-corrected chi connectivity index (χ4v) is 3.52. The van der Waals surface area contributed by atoms with Crippen molar-refractivity contribution in [3.8, 4) is 0 Å². The summed E-state index contributed by atoms with van der Waals surface area (Å²) >= 11 is 0. The van der Waals surface area contributed by atoms with Crippen molar-refractivity contribution in [2.24, 2.45) is 16.1 Å². The first-order valence-corrected chi connectivity index (χ1v) is 7.26. The molecule has 0 aromatic heterocycles. The number of aliphatic imine (C=N–C) groups is 1. The molecule has 3 rings (SSSR count). The quantitative estimate of drug-likeness (QED) is 0.460. The van der Waals surface area contributed by atoms with Crippen molar-refractivity contribution in [1.82, 2.24) is 0 Å². The minimum atomic E-state index is 0. The fraction of sp³-hybridized carbons (Fsp3) is 0.562. The van der Waals surface area contributed by atoms with Gasteiger partial charge in [0.25, 0.3) is 0 Å². The maximum atomic E-state index is 6.04. The summed E-state index contributed by atoms with van der Waals surface area (Å²) < 4.78 is 0. The summed E-state index contributed by atoms with van der Waals surface area (Å²) in [7, 11) is 0. The number of nitrogens with two attached hydrogens (primary N) is 1. The number of benzene rings is 1. The van der Waals surface area contributed by atoms with Gasteiger partial charge < -0.3 is 11.1 Å². The Bertz CT molecular complexity index is 498. The molecule has 3 N–H and O–H groups in total. The molecule has 2 fully saturated rings. The highest BCUT2D eigenvalue weighted by atomic mass is 127. The first kappa shape index (κ1) is 15.6. The van der Waals surface area contributed by atoms with E-state index >= 15 is 0 Å². The lowest BCUT2D eigenvalue weighted by atomic mass is 10.1. The Morgan fingerprint density at radius 2 is 1.80 bits per heavy atom. The summed E-state index contributed by atoms with van der Waals surface area (Å²) in [6, 6.07) is 6.84. The molecule has 2 aliphatic carbocycles. The molecule has 1 spiro atoms. The monoisotopic (exact) mass is 385 g/mol. The second-order valence-corrected chi connectivity index (χ2v) is 6.31. The van der Waals surface area contributed by atoms with Crippen molar-refractivity contribution < 1.29 is 0 Å². The maximum absolute atomic E-state index is 6.04. The summed E-state index contributed by atoms with van der Waals surface area (Å²) in [5.74, 6) is 0.568. The predicted octanol–water partition coefficient (Wildman–Crippen LogP) is 3.98. The second-order valence-electron chi connectivity index (χ2n) is 6.31. The van der Waals surface area contributed by atoms with Crippen LogP contribution in [0.4, 0.5) is 5.69 Å². The SMILES string of the molecule is Cc1cc(C)cc(NC(N)=NC2CC23CCCC3)c1.I. The van der Waals surface area contributed by atoms with Gasteiger partial charge in [-0.05, 0) is 61.8 Å². The van der Waals surface area contributed by atoms with Gasteiger partial charge in [-0.15, -0.1) is 24.0 Å². The van der Waals surface area contributed by atoms with Crippen LogP contribution in [0.5, 0.6) is 0 Å². The highest BCUT2D eigenvalue weighted by Crippen LogP contribution is 2.59. The zero-order valence-corrected chi connectivity index (χ0v) is 14.6. The van der Waals surface area contributed by atoms with Gasteiger partial charge in [0.2, 0.25) is 0 Å². The van der Waals surface area contributed by atoms with Gasteiger partial charge in [0, 0.05) is 5.69 Å². The van der Waals surface area contributed by atoms with E-state index in [1.807, 2.05) is 0 Å². The summed E-state index contributed by atoms with van der Waals surface area (Å²) in [4.78, 5) is 4.66. The van der Waals surface area contributed by atoms with Gasteiger partial charge in [0.1, 0.15) is 0 Å². The van der Waals surface area contributed by atoms with Crippen molar-refractivity contribution in [2.45, 2.75) is 52.0 Å². The third kappa shape index (κ3) is 3.27. The van der Waals surface area contributed by atoms with Crippen molar-refractivity contribution >= 4 is 35.6 Å². The topological polar surface area (TPSA) is 50.4 Å². The minimum absolute atomic E-state index is 0. The number of hydrogen-bond acceptors (Lipinski definition) is 1. The van der Waals surface area contributed by atoms with Gasteiger partial charge in [-0.25, -0.2) is 4.99 Å². The number of hydrogen-bond donors (Lipinski definition) is 2. The highest BCUT2D eigenvalue weighted by Gasteiger charge is 2.55. The molecule has 0 amide bonds. The Morgan fingerprint density at radius 1 is 1.20 bits per heavy atom. The molecule has 0 bridgehead atoms. The largest absolute Gasteiger partial charge is 0.370 e. The smallest absolute Gasteiger partial charge is 0.193 e. The molecule has 3 nitrogen and oxygen atoms in total. The second kappa shape index (κ2) is 5.92. The number of guanidine groups is 1. The molecular weight excluding hydrogens is 361 g/mol. The molecule has 20 heavy (non-hydrogen) atoms. The summed E-state index contributed by atoms with van der Waals surface area (Å²) in [5.41, 5.74) is 10.1. The average Bonchev–Trinajstić information content (AvgIpc) is 2.75. The lowest BCUT2D eigenvalue weighted by molar-refractivity contribution is 0.511. The summed E-state index contributed by atoms with van der Waals surface area (Å²) in [6.07, 6.45) is 6.67. The van der Waals surface area contributed by atoms with Gasteiger partial charge in [-0.3, -0.25) is 0 Å². The summed E-state index contributed by atoms with van der Waals surface area (Å²) in [6.45, 7) is 4.19. The Kier molecular flexibility index (Phi) is 4.62. The maximum Gasteiger partial charge on any atom is 0.193 e. The van der Waals surface area contributed by atoms with Crippen molar-refractivity contribution in [2.75, 3.05) is 5.32 Å². The van der Waals surface area contributed by atoms with Gasteiger partial charge >= 0.3 is 0 Å². The molecule has 2 saturated carbocycles. The van der Waals surface area contributed by atoms with Crippen LogP contribution in [0.2, 0.25) is 0 Å². The molecule has 1 atom stereocenters. The lowest BCUT2D eigenvalue weighted by Crippen LogP contribution is -2.23. The van der Waals surface area contributed by atoms with Crippen LogP contribution < -0.4 is 11.1 Å². The van der Waals surface area contributed by atoms with Gasteiger partial charge in [-0.1, -0.05) is 18.9 Å². The summed E-state index contributed by atoms with van der Waals surface area (Å²) in [5, 5.41) is 3.23. The van der Waals surface area contributed by atoms with E-state index in [0.717, 1.165) is 5.69 Å². The van der Waals surface area contributed by atoms with Crippen LogP contribution in [0.1, 0.15) is 43.2 Å². The first-order valence-electron chi connectivity index (χ1n) is 7.26. The van der Waals surface area contributed by atoms with Crippen LogP contribution >= 0.6 is 24.0 Å². The van der Waals surface area contributed by atoms with E-state index < -0.39 is 0 Å². The van der Waals surface area contributed by atoms with Crippen molar-refractivity contribution in [1.29, 1.82) is 0 Å². The zero-order chi connectivity index (χ0) is 13.5. The standard InChI is InChI=1S/C16H23N3.HI/c1-11-7-12(2)9-13(8-11)18-15(17)19-14-10-16(14)5-3-4-6-16;/h7-9,14H,3-6,10H2,1-2H3,(H3,17,18,19);1H. The third-order valence-electron chi connectivity index (χ3n) is 4.53. The zero-order valence-electron chi connectivity index (χ0n) is 12.3. The molecule has 1 unspecified atom stereocenters. The van der Waals surface area contributed by atoms with E-state index in [9.17, 15) is 0 Å². The normalized spacial score (nSPS) is 23.5. The van der Waals surface area contributed by atoms with E-state index in [-0.39, 0.29) is 24.0 Å². The lowest BCUT2D eigenvalue weighted by Gasteiger charge is -2.09. The highest BCUT2D eigenvalue weighted by molar-refractivity contribution is 14.0. The average molecular weight is 385 g/mol. The molecular formula is C16H24IN3. The minimum Gasteiger partial charge on any atom is -0.370 e. The van der Waals surface area contributed by atoms with E-state index in [2.05, 4.69) is 42.4 Å². The molecule has 0 heterocycles. The van der Waals surface area contributed by atoms with E-state index in [0.29, 0.717) is 17.4 Å². The number of aryl methyl sites for hydroxylation is 2. The van der Waals surface area contributed by atoms with Crippen LogP contribution in [0, 0.1) is 19.3 Å².